The Labute approximate surface area is 92.7 Å². The zero-order valence-corrected chi connectivity index (χ0v) is 10.0. The fraction of sp³-hybridized carbons (Fsp3) is 0.429. The maximum atomic E-state index is 2.33. The second-order valence-corrected chi connectivity index (χ2v) is 3.42. The predicted molar refractivity (Wildman–Crippen MR) is 68.2 cm³/mol. The lowest BCUT2D eigenvalue weighted by molar-refractivity contribution is 0.650. The number of hydrogen-bond acceptors (Lipinski definition) is 0. The number of aromatic nitrogens is 1. The third kappa shape index (κ3) is 2.85. The number of rotatable bonds is 3. The molecule has 0 saturated heterocycles. The summed E-state index contributed by atoms with van der Waals surface area (Å²) >= 11 is 0. The summed E-state index contributed by atoms with van der Waals surface area (Å²) in [6.07, 6.45) is 4.70. The summed E-state index contributed by atoms with van der Waals surface area (Å²) in [7, 11) is 0. The van der Waals surface area contributed by atoms with Crippen molar-refractivity contribution in [2.45, 2.75) is 40.2 Å². The maximum Gasteiger partial charge on any atom is 0.0480 e. The number of unbranched alkanes of at least 4 members (excludes halogenated alkanes) is 1. The van der Waals surface area contributed by atoms with Crippen LogP contribution >= 0.6 is 0 Å². The number of fused-ring (bicyclic) bond motifs is 1. The number of para-hydroxylation sites is 1. The molecule has 0 aliphatic heterocycles. The highest BCUT2D eigenvalue weighted by atomic mass is 14.9. The fourth-order valence-corrected chi connectivity index (χ4v) is 1.66. The van der Waals surface area contributed by atoms with Crippen molar-refractivity contribution in [1.29, 1.82) is 0 Å². The zero-order chi connectivity index (χ0) is 11.1. The summed E-state index contributed by atoms with van der Waals surface area (Å²) < 4.78 is 2.33. The van der Waals surface area contributed by atoms with Crippen molar-refractivity contribution in [3.8, 4) is 0 Å². The van der Waals surface area contributed by atoms with Crippen LogP contribution in [0, 0.1) is 0 Å². The molecule has 0 amide bonds. The summed E-state index contributed by atoms with van der Waals surface area (Å²) in [5.74, 6) is 0. The molecule has 82 valence electrons. The van der Waals surface area contributed by atoms with Gasteiger partial charge in [0.1, 0.15) is 0 Å². The summed E-state index contributed by atoms with van der Waals surface area (Å²) in [6.45, 7) is 7.37. The maximum absolute atomic E-state index is 2.33. The Bertz CT molecular complexity index is 387. The van der Waals surface area contributed by atoms with E-state index in [9.17, 15) is 0 Å². The van der Waals surface area contributed by atoms with Crippen molar-refractivity contribution in [3.63, 3.8) is 0 Å². The summed E-state index contributed by atoms with van der Waals surface area (Å²) in [6, 6.07) is 10.7. The van der Waals surface area contributed by atoms with Gasteiger partial charge in [-0.15, -0.1) is 0 Å². The molecule has 1 nitrogen and oxygen atoms in total. The van der Waals surface area contributed by atoms with Gasteiger partial charge in [-0.2, -0.15) is 0 Å². The number of aryl methyl sites for hydroxylation is 1. The van der Waals surface area contributed by atoms with Crippen molar-refractivity contribution >= 4 is 10.9 Å². The van der Waals surface area contributed by atoms with Crippen molar-refractivity contribution in [3.05, 3.63) is 36.5 Å². The van der Waals surface area contributed by atoms with Gasteiger partial charge in [0.05, 0.1) is 0 Å². The molecule has 1 heterocycles. The fourth-order valence-electron chi connectivity index (χ4n) is 1.66. The van der Waals surface area contributed by atoms with Gasteiger partial charge < -0.3 is 4.57 Å². The monoisotopic (exact) mass is 203 g/mol. The van der Waals surface area contributed by atoms with Gasteiger partial charge in [0.2, 0.25) is 0 Å². The lowest BCUT2D eigenvalue weighted by Crippen LogP contribution is -1.94. The van der Waals surface area contributed by atoms with Gasteiger partial charge in [-0.05, 0) is 23.9 Å². The third-order valence-electron chi connectivity index (χ3n) is 2.43. The largest absolute Gasteiger partial charge is 0.347 e. The first-order chi connectivity index (χ1) is 7.42. The molecule has 2 aromatic rings. The van der Waals surface area contributed by atoms with E-state index >= 15 is 0 Å². The lowest BCUT2D eigenvalue weighted by Gasteiger charge is -2.02. The van der Waals surface area contributed by atoms with E-state index in [0.29, 0.717) is 0 Å². The van der Waals surface area contributed by atoms with E-state index in [1.54, 1.807) is 0 Å². The van der Waals surface area contributed by atoms with Crippen molar-refractivity contribution in [2.24, 2.45) is 0 Å². The highest BCUT2D eigenvalue weighted by Crippen LogP contribution is 2.15. The Morgan fingerprint density at radius 1 is 1.07 bits per heavy atom. The predicted octanol–water partition coefficient (Wildman–Crippen LogP) is 4.47. The Kier molecular flexibility index (Phi) is 4.96. The SMILES string of the molecule is CC.CCCCn1ccc2ccccc21. The highest BCUT2D eigenvalue weighted by Gasteiger charge is 1.97. The molecule has 0 spiro atoms. The normalized spacial score (nSPS) is 9.80. The molecule has 0 aliphatic rings. The molecule has 0 bridgehead atoms. The molecule has 0 fully saturated rings. The number of nitrogens with zero attached hydrogens (tertiary/aromatic N) is 1. The second-order valence-electron chi connectivity index (χ2n) is 3.42. The van der Waals surface area contributed by atoms with Crippen LogP contribution < -0.4 is 0 Å². The van der Waals surface area contributed by atoms with Crippen LogP contribution in [-0.4, -0.2) is 4.57 Å². The molecule has 0 unspecified atom stereocenters. The van der Waals surface area contributed by atoms with Gasteiger partial charge in [0.25, 0.3) is 0 Å². The average molecular weight is 203 g/mol. The minimum Gasteiger partial charge on any atom is -0.347 e. The first-order valence-corrected chi connectivity index (χ1v) is 5.95. The first-order valence-electron chi connectivity index (χ1n) is 5.95. The van der Waals surface area contributed by atoms with Crippen LogP contribution in [0.2, 0.25) is 0 Å². The van der Waals surface area contributed by atoms with E-state index in [-0.39, 0.29) is 0 Å². The van der Waals surface area contributed by atoms with E-state index in [1.807, 2.05) is 13.8 Å². The third-order valence-corrected chi connectivity index (χ3v) is 2.43. The molecule has 15 heavy (non-hydrogen) atoms. The summed E-state index contributed by atoms with van der Waals surface area (Å²) in [5.41, 5.74) is 1.36. The van der Waals surface area contributed by atoms with Crippen molar-refractivity contribution in [1.82, 2.24) is 4.57 Å². The second kappa shape index (κ2) is 6.28. The standard InChI is InChI=1S/C12H15N.C2H6/c1-2-3-9-13-10-8-11-6-4-5-7-12(11)13;1-2/h4-8,10H,2-3,9H2,1H3;1-2H3. The van der Waals surface area contributed by atoms with Gasteiger partial charge >= 0.3 is 0 Å². The highest BCUT2D eigenvalue weighted by molar-refractivity contribution is 5.79. The lowest BCUT2D eigenvalue weighted by atomic mass is 10.2. The molecule has 2 rings (SSSR count). The molecule has 1 aromatic heterocycles. The van der Waals surface area contributed by atoms with Crippen LogP contribution in [0.15, 0.2) is 36.5 Å². The van der Waals surface area contributed by atoms with Crippen LogP contribution in [0.25, 0.3) is 10.9 Å². The topological polar surface area (TPSA) is 4.93 Å². The minimum atomic E-state index is 1.14. The quantitative estimate of drug-likeness (QED) is 0.693. The molecular formula is C14H21N. The van der Waals surface area contributed by atoms with Gasteiger partial charge in [-0.3, -0.25) is 0 Å². The molecular weight excluding hydrogens is 182 g/mol. The van der Waals surface area contributed by atoms with Crippen LogP contribution in [0.5, 0.6) is 0 Å². The molecule has 1 aromatic carbocycles. The molecule has 0 radical (unpaired) electrons. The van der Waals surface area contributed by atoms with Gasteiger partial charge in [-0.1, -0.05) is 45.4 Å². The van der Waals surface area contributed by atoms with Gasteiger partial charge in [-0.25, -0.2) is 0 Å². The van der Waals surface area contributed by atoms with Crippen LogP contribution in [-0.2, 0) is 6.54 Å². The van der Waals surface area contributed by atoms with Crippen molar-refractivity contribution in [2.75, 3.05) is 0 Å². The first kappa shape index (κ1) is 11.8. The smallest absolute Gasteiger partial charge is 0.0480 e. The summed E-state index contributed by atoms with van der Waals surface area (Å²) in [4.78, 5) is 0. The molecule has 1 heteroatoms. The van der Waals surface area contributed by atoms with E-state index < -0.39 is 0 Å². The zero-order valence-electron chi connectivity index (χ0n) is 10.0. The molecule has 0 aliphatic carbocycles. The van der Waals surface area contributed by atoms with Crippen LogP contribution in [0.1, 0.15) is 33.6 Å². The molecule has 0 N–H and O–H groups in total. The average Bonchev–Trinajstić information content (AvgIpc) is 2.72. The van der Waals surface area contributed by atoms with E-state index in [4.69, 9.17) is 0 Å². The Hall–Kier alpha value is -1.24. The summed E-state index contributed by atoms with van der Waals surface area (Å²) in [5, 5.41) is 1.35. The molecule has 0 atom stereocenters. The van der Waals surface area contributed by atoms with Crippen molar-refractivity contribution < 1.29 is 0 Å². The number of hydrogen-bond donors (Lipinski definition) is 0. The minimum absolute atomic E-state index is 1.14. The Balaban J connectivity index is 0.000000531. The number of benzene rings is 1. The van der Waals surface area contributed by atoms with Crippen LogP contribution in [0.3, 0.4) is 0 Å². The van der Waals surface area contributed by atoms with Gasteiger partial charge in [0, 0.05) is 18.3 Å². The van der Waals surface area contributed by atoms with E-state index in [1.165, 1.54) is 23.7 Å². The van der Waals surface area contributed by atoms with E-state index in [0.717, 1.165) is 6.54 Å². The Morgan fingerprint density at radius 2 is 1.80 bits per heavy atom. The molecule has 0 saturated carbocycles. The Morgan fingerprint density at radius 3 is 2.53 bits per heavy atom. The van der Waals surface area contributed by atoms with Gasteiger partial charge in [0.15, 0.2) is 0 Å². The van der Waals surface area contributed by atoms with E-state index in [2.05, 4.69) is 48.0 Å². The van der Waals surface area contributed by atoms with Crippen LogP contribution in [0.4, 0.5) is 0 Å².